The van der Waals surface area contributed by atoms with E-state index >= 15 is 0 Å². The largest absolute Gasteiger partial charge is 0.203 e. The van der Waals surface area contributed by atoms with Crippen molar-refractivity contribution in [1.82, 2.24) is 0 Å². The summed E-state index contributed by atoms with van der Waals surface area (Å²) in [6.07, 6.45) is 1.10. The fourth-order valence-corrected chi connectivity index (χ4v) is 1.24. The van der Waals surface area contributed by atoms with Crippen molar-refractivity contribution in [1.29, 1.82) is 0 Å². The van der Waals surface area contributed by atoms with E-state index in [0.29, 0.717) is 18.4 Å². The molecule has 0 aliphatic rings. The highest BCUT2D eigenvalue weighted by molar-refractivity contribution is 5.28. The molecule has 0 nitrogen and oxygen atoms in total. The van der Waals surface area contributed by atoms with Crippen molar-refractivity contribution >= 4 is 0 Å². The predicted molar refractivity (Wildman–Crippen MR) is 43.9 cm³/mol. The van der Waals surface area contributed by atoms with Crippen LogP contribution in [0, 0.1) is 30.4 Å². The monoisotopic (exact) mass is 187 g/mol. The standard InChI is InChI=1S/C10H10F3/c1-3-4-7-6(2)5-8(11)10(13)9(7)12/h3-4H2,1-2H3. The van der Waals surface area contributed by atoms with Gasteiger partial charge in [0, 0.05) is 6.07 Å². The summed E-state index contributed by atoms with van der Waals surface area (Å²) in [6.45, 7) is 3.37. The lowest BCUT2D eigenvalue weighted by atomic mass is 10.0. The molecule has 0 aliphatic carbocycles. The van der Waals surface area contributed by atoms with Crippen LogP contribution in [0.3, 0.4) is 0 Å². The quantitative estimate of drug-likeness (QED) is 0.624. The first-order valence-electron chi connectivity index (χ1n) is 4.13. The van der Waals surface area contributed by atoms with Crippen LogP contribution in [0.15, 0.2) is 0 Å². The lowest BCUT2D eigenvalue weighted by Gasteiger charge is -2.06. The molecule has 0 spiro atoms. The normalized spacial score (nSPS) is 10.5. The zero-order valence-electron chi connectivity index (χ0n) is 7.55. The highest BCUT2D eigenvalue weighted by Gasteiger charge is 2.15. The zero-order chi connectivity index (χ0) is 10.0. The minimum Gasteiger partial charge on any atom is -0.203 e. The van der Waals surface area contributed by atoms with Gasteiger partial charge in [0.1, 0.15) is 0 Å². The lowest BCUT2D eigenvalue weighted by Crippen LogP contribution is -2.01. The Balaban J connectivity index is 3.26. The summed E-state index contributed by atoms with van der Waals surface area (Å²) < 4.78 is 38.4. The maximum Gasteiger partial charge on any atom is 0.195 e. The summed E-state index contributed by atoms with van der Waals surface area (Å²) >= 11 is 0. The van der Waals surface area contributed by atoms with E-state index in [1.165, 1.54) is 6.92 Å². The van der Waals surface area contributed by atoms with Gasteiger partial charge in [0.15, 0.2) is 17.5 Å². The third-order valence-corrected chi connectivity index (χ3v) is 1.90. The summed E-state index contributed by atoms with van der Waals surface area (Å²) in [5.74, 6) is -3.74. The van der Waals surface area contributed by atoms with E-state index in [4.69, 9.17) is 0 Å². The molecule has 0 aliphatic heterocycles. The predicted octanol–water partition coefficient (Wildman–Crippen LogP) is 3.17. The average Bonchev–Trinajstić information content (AvgIpc) is 2.09. The van der Waals surface area contributed by atoms with Crippen molar-refractivity contribution in [2.75, 3.05) is 0 Å². The SMILES string of the molecule is CCCc1c(C)[c]c(F)c(F)c1F. The van der Waals surface area contributed by atoms with Crippen LogP contribution >= 0.6 is 0 Å². The average molecular weight is 187 g/mol. The smallest absolute Gasteiger partial charge is 0.195 e. The second kappa shape index (κ2) is 3.81. The van der Waals surface area contributed by atoms with Gasteiger partial charge in [-0.15, -0.1) is 0 Å². The number of hydrogen-bond donors (Lipinski definition) is 0. The van der Waals surface area contributed by atoms with Gasteiger partial charge in [0.2, 0.25) is 0 Å². The molecule has 0 bridgehead atoms. The van der Waals surface area contributed by atoms with Gasteiger partial charge in [-0.05, 0) is 24.5 Å². The third-order valence-electron chi connectivity index (χ3n) is 1.90. The summed E-state index contributed by atoms with van der Waals surface area (Å²) in [7, 11) is 0. The first kappa shape index (κ1) is 10.1. The maximum atomic E-state index is 13.1. The molecule has 0 unspecified atom stereocenters. The molecule has 0 fully saturated rings. The number of hydrogen-bond acceptors (Lipinski definition) is 0. The van der Waals surface area contributed by atoms with Crippen LogP contribution in [-0.4, -0.2) is 0 Å². The first-order chi connectivity index (χ1) is 6.07. The van der Waals surface area contributed by atoms with Crippen LogP contribution < -0.4 is 0 Å². The minimum atomic E-state index is -1.42. The van der Waals surface area contributed by atoms with E-state index in [-0.39, 0.29) is 5.56 Å². The van der Waals surface area contributed by atoms with Crippen molar-refractivity contribution in [3.05, 3.63) is 34.6 Å². The Morgan fingerprint density at radius 2 is 1.77 bits per heavy atom. The number of benzene rings is 1. The molecule has 0 N–H and O–H groups in total. The van der Waals surface area contributed by atoms with Gasteiger partial charge in [-0.2, -0.15) is 0 Å². The molecule has 1 rings (SSSR count). The maximum absolute atomic E-state index is 13.1. The Bertz CT molecular complexity index is 318. The van der Waals surface area contributed by atoms with Crippen molar-refractivity contribution < 1.29 is 13.2 Å². The molecule has 0 heterocycles. The second-order valence-electron chi connectivity index (χ2n) is 2.92. The van der Waals surface area contributed by atoms with Crippen LogP contribution in [0.2, 0.25) is 0 Å². The van der Waals surface area contributed by atoms with Gasteiger partial charge in [0.05, 0.1) is 0 Å². The number of rotatable bonds is 2. The van der Waals surface area contributed by atoms with E-state index in [0.717, 1.165) is 0 Å². The van der Waals surface area contributed by atoms with Crippen LogP contribution in [0.25, 0.3) is 0 Å². The van der Waals surface area contributed by atoms with Gasteiger partial charge in [0.25, 0.3) is 0 Å². The molecule has 1 aromatic carbocycles. The third kappa shape index (κ3) is 1.85. The van der Waals surface area contributed by atoms with Crippen LogP contribution in [-0.2, 0) is 6.42 Å². The van der Waals surface area contributed by atoms with E-state index in [2.05, 4.69) is 6.07 Å². The van der Waals surface area contributed by atoms with E-state index in [1.54, 1.807) is 0 Å². The van der Waals surface area contributed by atoms with Gasteiger partial charge in [-0.25, -0.2) is 13.2 Å². The van der Waals surface area contributed by atoms with E-state index < -0.39 is 17.5 Å². The summed E-state index contributed by atoms with van der Waals surface area (Å²) in [5.41, 5.74) is 0.569. The fraction of sp³-hybridized carbons (Fsp3) is 0.400. The van der Waals surface area contributed by atoms with Crippen molar-refractivity contribution in [3.8, 4) is 0 Å². The molecule has 13 heavy (non-hydrogen) atoms. The molecule has 1 radical (unpaired) electrons. The van der Waals surface area contributed by atoms with Gasteiger partial charge >= 0.3 is 0 Å². The molecular formula is C10H10F3. The van der Waals surface area contributed by atoms with Crippen molar-refractivity contribution in [3.63, 3.8) is 0 Å². The molecule has 1 aromatic rings. The minimum absolute atomic E-state index is 0.224. The molecule has 3 heteroatoms. The second-order valence-corrected chi connectivity index (χ2v) is 2.92. The molecule has 0 saturated heterocycles. The molecule has 0 aromatic heterocycles. The van der Waals surface area contributed by atoms with Crippen LogP contribution in [0.4, 0.5) is 13.2 Å². The van der Waals surface area contributed by atoms with E-state index in [1.807, 2.05) is 6.92 Å². The zero-order valence-corrected chi connectivity index (χ0v) is 7.55. The Labute approximate surface area is 75.4 Å². The highest BCUT2D eigenvalue weighted by atomic mass is 19.2. The molecule has 0 amide bonds. The Morgan fingerprint density at radius 1 is 1.15 bits per heavy atom. The van der Waals surface area contributed by atoms with E-state index in [9.17, 15) is 13.2 Å². The number of halogens is 3. The van der Waals surface area contributed by atoms with Gasteiger partial charge < -0.3 is 0 Å². The number of aryl methyl sites for hydroxylation is 1. The van der Waals surface area contributed by atoms with Crippen LogP contribution in [0.1, 0.15) is 24.5 Å². The molecular weight excluding hydrogens is 177 g/mol. The first-order valence-corrected chi connectivity index (χ1v) is 4.13. The molecule has 0 atom stereocenters. The van der Waals surface area contributed by atoms with Gasteiger partial charge in [-0.1, -0.05) is 13.3 Å². The summed E-state index contributed by atoms with van der Waals surface area (Å²) in [6, 6.07) is 2.15. The lowest BCUT2D eigenvalue weighted by molar-refractivity contribution is 0.438. The summed E-state index contributed by atoms with van der Waals surface area (Å²) in [5, 5.41) is 0. The topological polar surface area (TPSA) is 0 Å². The Morgan fingerprint density at radius 3 is 2.31 bits per heavy atom. The van der Waals surface area contributed by atoms with Crippen molar-refractivity contribution in [2.24, 2.45) is 0 Å². The summed E-state index contributed by atoms with van der Waals surface area (Å²) in [4.78, 5) is 0. The van der Waals surface area contributed by atoms with Crippen molar-refractivity contribution in [2.45, 2.75) is 26.7 Å². The molecule has 71 valence electrons. The Kier molecular flexibility index (Phi) is 2.96. The molecule has 0 saturated carbocycles. The highest BCUT2D eigenvalue weighted by Crippen LogP contribution is 2.20. The van der Waals surface area contributed by atoms with Crippen LogP contribution in [0.5, 0.6) is 0 Å². The Hall–Kier alpha value is -0.990. The fourth-order valence-electron chi connectivity index (χ4n) is 1.24. The van der Waals surface area contributed by atoms with Gasteiger partial charge in [-0.3, -0.25) is 0 Å².